The summed E-state index contributed by atoms with van der Waals surface area (Å²) in [4.78, 5) is 75.6. The van der Waals surface area contributed by atoms with Crippen molar-refractivity contribution >= 4 is 101 Å². The first-order valence-corrected chi connectivity index (χ1v) is 18.3. The minimum atomic E-state index is -0.535. The maximum absolute atomic E-state index is 12.8. The Kier molecular flexibility index (Phi) is 8.60. The van der Waals surface area contributed by atoms with Crippen molar-refractivity contribution in [3.8, 4) is 0 Å². The van der Waals surface area contributed by atoms with Crippen molar-refractivity contribution in [3.05, 3.63) is 152 Å². The minimum Gasteiger partial charge on any atom is -0.376 e. The van der Waals surface area contributed by atoms with Crippen LogP contribution in [-0.2, 0) is 40.0 Å². The Morgan fingerprint density at radius 1 is 0.567 bits per heavy atom. The van der Waals surface area contributed by atoms with Gasteiger partial charge in [0, 0.05) is 117 Å². The van der Waals surface area contributed by atoms with Crippen LogP contribution in [0, 0.1) is 20.2 Å². The fraction of sp³-hybridized carbons (Fsp3) is 0.0698. The van der Waals surface area contributed by atoms with E-state index in [9.17, 15) is 44.5 Å². The first kappa shape index (κ1) is 37.2. The van der Waals surface area contributed by atoms with Gasteiger partial charge in [0.25, 0.3) is 35.0 Å². The van der Waals surface area contributed by atoms with Gasteiger partial charge in [0.2, 0.25) is 0 Å². The second kappa shape index (κ2) is 13.9. The fourth-order valence-corrected chi connectivity index (χ4v) is 8.15. The van der Waals surface area contributed by atoms with Crippen LogP contribution in [0.5, 0.6) is 0 Å². The smallest absolute Gasteiger partial charge is 0.271 e. The van der Waals surface area contributed by atoms with Crippen LogP contribution in [-0.4, -0.2) is 57.3 Å². The number of fused-ring (bicyclic) bond motifs is 4. The lowest BCUT2D eigenvalue weighted by Crippen LogP contribution is -2.22. The number of carbonyl (C=O) groups excluding carboxylic acids is 4. The molecule has 302 valence electrons. The molecule has 0 radical (unpaired) electrons. The Bertz CT molecular complexity index is 3340. The standard InChI is InChI=1S/C22H16N4O5.C21H14N4O4.3H2/c1-24-9-15(14-7-6-12(26(30)31)8-18(14)24)19-20(22(29)23-21(19)28)16-10-25(11-27)17-5-3-2-4-13(16)17;1-24-10-15(13-7-6-11(25(28)29)8-17(13)24)19-18(20(26)23-21(19)27)14-9-22-16-5-3-2-4-12(14)16;;;/h2-10,27H,11H2,1H3,(H,23,28,29);2-10,22H,1H3,(H,23,26,27);3*1H. The number of aryl methyl sites for hydroxylation is 2. The van der Waals surface area contributed by atoms with Crippen molar-refractivity contribution in [3.63, 3.8) is 0 Å². The molecule has 0 aliphatic carbocycles. The lowest BCUT2D eigenvalue weighted by atomic mass is 9.95. The van der Waals surface area contributed by atoms with E-state index in [4.69, 9.17) is 0 Å². The number of aliphatic hydroxyl groups is 1. The molecule has 4 amide bonds. The number of nitrogens with zero attached hydrogens (tertiary/aromatic N) is 5. The highest BCUT2D eigenvalue weighted by molar-refractivity contribution is 6.51. The highest BCUT2D eigenvalue weighted by Crippen LogP contribution is 2.41. The molecule has 0 spiro atoms. The molecule has 17 nitrogen and oxygen atoms in total. The van der Waals surface area contributed by atoms with Crippen molar-refractivity contribution in [2.24, 2.45) is 14.1 Å². The summed E-state index contributed by atoms with van der Waals surface area (Å²) in [7, 11) is 3.47. The third kappa shape index (κ3) is 5.75. The van der Waals surface area contributed by atoms with Crippen LogP contribution < -0.4 is 10.6 Å². The molecule has 6 heterocycles. The van der Waals surface area contributed by atoms with Gasteiger partial charge in [-0.25, -0.2) is 0 Å². The SMILES string of the molecule is Cn1cc(C2=C(c3c[nH]c4ccccc34)C(=O)NC2=O)c2ccc([N+](=O)[O-])cc21.Cn1cc(C2=C(c3cn(CO)c4ccccc34)C(=O)NC2=O)c2ccc([N+](=O)[O-])cc21.[HH].[HH].[HH]. The monoisotopic (exact) mass is 808 g/mol. The second-order valence-electron chi connectivity index (χ2n) is 14.2. The van der Waals surface area contributed by atoms with E-state index in [1.807, 2.05) is 48.5 Å². The number of hydrogen-bond acceptors (Lipinski definition) is 9. The molecule has 8 aromatic rings. The molecule has 4 N–H and O–H groups in total. The van der Waals surface area contributed by atoms with E-state index in [-0.39, 0.29) is 39.1 Å². The van der Waals surface area contributed by atoms with Crippen molar-refractivity contribution < 1.29 is 38.4 Å². The van der Waals surface area contributed by atoms with Crippen LogP contribution in [0.25, 0.3) is 65.9 Å². The van der Waals surface area contributed by atoms with Gasteiger partial charge in [0.15, 0.2) is 0 Å². The van der Waals surface area contributed by atoms with Gasteiger partial charge in [0.05, 0.1) is 48.7 Å². The summed E-state index contributed by atoms with van der Waals surface area (Å²) >= 11 is 0. The number of H-pyrrole nitrogens is 1. The van der Waals surface area contributed by atoms with E-state index in [1.165, 1.54) is 24.3 Å². The first-order valence-electron chi connectivity index (χ1n) is 18.3. The number of imide groups is 2. The van der Waals surface area contributed by atoms with Crippen molar-refractivity contribution in [1.29, 1.82) is 0 Å². The van der Waals surface area contributed by atoms with Gasteiger partial charge in [-0.3, -0.25) is 50.0 Å². The molecule has 0 unspecified atom stereocenters. The Morgan fingerprint density at radius 2 is 1.00 bits per heavy atom. The third-order valence-corrected chi connectivity index (χ3v) is 10.8. The Hall–Kier alpha value is -8.44. The summed E-state index contributed by atoms with van der Waals surface area (Å²) in [5.74, 6) is -2.01. The number of aromatic nitrogens is 4. The van der Waals surface area contributed by atoms with E-state index in [0.29, 0.717) is 49.6 Å². The number of aliphatic hydroxyl groups excluding tert-OH is 1. The lowest BCUT2D eigenvalue weighted by Gasteiger charge is -2.03. The molecule has 0 fully saturated rings. The average Bonchev–Trinajstić information content (AvgIpc) is 4.08. The van der Waals surface area contributed by atoms with Gasteiger partial charge in [-0.2, -0.15) is 0 Å². The van der Waals surface area contributed by atoms with Crippen LogP contribution in [0.3, 0.4) is 0 Å². The number of hydrogen-bond donors (Lipinski definition) is 4. The van der Waals surface area contributed by atoms with Crippen LogP contribution in [0.15, 0.2) is 110 Å². The maximum atomic E-state index is 12.8. The number of nitrogens with one attached hydrogen (secondary N) is 3. The summed E-state index contributed by atoms with van der Waals surface area (Å²) < 4.78 is 5.00. The average molecular weight is 809 g/mol. The van der Waals surface area contributed by atoms with E-state index in [0.717, 1.165) is 21.8 Å². The van der Waals surface area contributed by atoms with Crippen molar-refractivity contribution in [1.82, 2.24) is 29.3 Å². The number of aromatic amines is 1. The van der Waals surface area contributed by atoms with Gasteiger partial charge in [-0.05, 0) is 24.3 Å². The van der Waals surface area contributed by atoms with Gasteiger partial charge in [-0.1, -0.05) is 36.4 Å². The van der Waals surface area contributed by atoms with Crippen LogP contribution >= 0.6 is 0 Å². The number of amides is 4. The zero-order chi connectivity index (χ0) is 42.1. The molecular formula is C43H36N8O9. The number of rotatable bonds is 7. The van der Waals surface area contributed by atoms with E-state index < -0.39 is 33.5 Å². The molecular weight excluding hydrogens is 773 g/mol. The molecule has 4 aromatic heterocycles. The highest BCUT2D eigenvalue weighted by atomic mass is 16.6. The summed E-state index contributed by atoms with van der Waals surface area (Å²) in [6.07, 6.45) is 6.77. The van der Waals surface area contributed by atoms with Crippen molar-refractivity contribution in [2.75, 3.05) is 0 Å². The normalized spacial score (nSPS) is 14.2. The molecule has 0 atom stereocenters. The van der Waals surface area contributed by atoms with Gasteiger partial charge in [-0.15, -0.1) is 0 Å². The number of nitro benzene ring substituents is 2. The predicted octanol–water partition coefficient (Wildman–Crippen LogP) is 6.43. The van der Waals surface area contributed by atoms with E-state index in [2.05, 4.69) is 15.6 Å². The molecule has 0 saturated heterocycles. The zero-order valence-corrected chi connectivity index (χ0v) is 31.5. The van der Waals surface area contributed by atoms with Gasteiger partial charge < -0.3 is 23.8 Å². The molecule has 0 bridgehead atoms. The lowest BCUT2D eigenvalue weighted by molar-refractivity contribution is -0.384. The quantitative estimate of drug-likeness (QED) is 0.0789. The Morgan fingerprint density at radius 3 is 1.50 bits per heavy atom. The molecule has 0 saturated carbocycles. The molecule has 17 heteroatoms. The molecule has 2 aliphatic rings. The predicted molar refractivity (Wildman–Crippen MR) is 228 cm³/mol. The number of nitro groups is 2. The molecule has 10 rings (SSSR count). The first-order chi connectivity index (χ1) is 28.9. The summed E-state index contributed by atoms with van der Waals surface area (Å²) in [5.41, 5.74) is 5.85. The number of para-hydroxylation sites is 2. The Balaban J connectivity index is 0.000000201. The number of non-ortho nitro benzene ring substituents is 2. The van der Waals surface area contributed by atoms with E-state index >= 15 is 0 Å². The third-order valence-electron chi connectivity index (χ3n) is 10.8. The maximum Gasteiger partial charge on any atom is 0.271 e. The molecule has 4 aromatic carbocycles. The van der Waals surface area contributed by atoms with Crippen LogP contribution in [0.4, 0.5) is 11.4 Å². The molecule has 60 heavy (non-hydrogen) atoms. The van der Waals surface area contributed by atoms with Gasteiger partial charge in [0.1, 0.15) is 6.73 Å². The van der Waals surface area contributed by atoms with Gasteiger partial charge >= 0.3 is 0 Å². The number of carbonyl (C=O) groups is 4. The Labute approximate surface area is 341 Å². The largest absolute Gasteiger partial charge is 0.376 e. The van der Waals surface area contributed by atoms with Crippen molar-refractivity contribution in [2.45, 2.75) is 6.73 Å². The zero-order valence-electron chi connectivity index (χ0n) is 31.5. The molecule has 2 aliphatic heterocycles. The van der Waals surface area contributed by atoms with E-state index in [1.54, 1.807) is 64.7 Å². The minimum absolute atomic E-state index is 0. The summed E-state index contributed by atoms with van der Waals surface area (Å²) in [6.45, 7) is -0.281. The summed E-state index contributed by atoms with van der Waals surface area (Å²) in [5, 5.41) is 39.6. The second-order valence-corrected chi connectivity index (χ2v) is 14.2. The van der Waals surface area contributed by atoms with Crippen LogP contribution in [0.1, 0.15) is 26.5 Å². The highest BCUT2D eigenvalue weighted by Gasteiger charge is 2.37. The summed E-state index contributed by atoms with van der Waals surface area (Å²) in [6, 6.07) is 23.7. The van der Waals surface area contributed by atoms with Crippen LogP contribution in [0.2, 0.25) is 0 Å². The fourth-order valence-electron chi connectivity index (χ4n) is 8.15. The topological polar surface area (TPSA) is 229 Å². The number of benzene rings is 4.